The van der Waals surface area contributed by atoms with Gasteiger partial charge in [0.1, 0.15) is 0 Å². The van der Waals surface area contributed by atoms with Gasteiger partial charge in [0.25, 0.3) is 0 Å². The zero-order chi connectivity index (χ0) is 16.1. The Labute approximate surface area is 122 Å². The molecule has 2 N–H and O–H groups in total. The van der Waals surface area contributed by atoms with Gasteiger partial charge < -0.3 is 15.4 Å². The maximum absolute atomic E-state index is 12.7. The number of esters is 1. The predicted octanol–water partition coefficient (Wildman–Crippen LogP) is 1.80. The maximum atomic E-state index is 12.7. The van der Waals surface area contributed by atoms with E-state index in [4.69, 9.17) is 5.73 Å². The van der Waals surface area contributed by atoms with Crippen molar-refractivity contribution >= 4 is 11.9 Å². The molecule has 0 atom stereocenters. The fourth-order valence-corrected chi connectivity index (χ4v) is 1.72. The fourth-order valence-electron chi connectivity index (χ4n) is 1.72. The van der Waals surface area contributed by atoms with E-state index >= 15 is 0 Å². The minimum Gasteiger partial charge on any atom is -0.469 e. The molecule has 0 aromatic heterocycles. The summed E-state index contributed by atoms with van der Waals surface area (Å²) in [6, 6.07) is 0. The van der Waals surface area contributed by atoms with E-state index < -0.39 is 11.0 Å². The number of hydrogen-bond donors (Lipinski definition) is 1. The number of methoxy groups -OCH3 is 1. The molecule has 0 radical (unpaired) electrons. The lowest BCUT2D eigenvalue weighted by Crippen LogP contribution is -2.57. The van der Waals surface area contributed by atoms with E-state index in [2.05, 4.69) is 4.74 Å². The van der Waals surface area contributed by atoms with Gasteiger partial charge in [0.05, 0.1) is 18.9 Å². The molecule has 0 heterocycles. The number of amides is 1. The van der Waals surface area contributed by atoms with Crippen molar-refractivity contribution in [2.24, 2.45) is 17.1 Å². The van der Waals surface area contributed by atoms with Gasteiger partial charge in [-0.1, -0.05) is 13.8 Å². The molecule has 0 aliphatic heterocycles. The van der Waals surface area contributed by atoms with Crippen molar-refractivity contribution in [2.45, 2.75) is 53.5 Å². The molecule has 0 saturated heterocycles. The summed E-state index contributed by atoms with van der Waals surface area (Å²) >= 11 is 0. The monoisotopic (exact) mass is 286 g/mol. The van der Waals surface area contributed by atoms with Crippen LogP contribution in [0.5, 0.6) is 0 Å². The smallest absolute Gasteiger partial charge is 0.307 e. The first-order valence-corrected chi connectivity index (χ1v) is 7.08. The van der Waals surface area contributed by atoms with Crippen LogP contribution >= 0.6 is 0 Å². The molecule has 0 aliphatic rings. The minimum absolute atomic E-state index is 0.0254. The van der Waals surface area contributed by atoms with Crippen LogP contribution in [-0.4, -0.2) is 42.5 Å². The lowest BCUT2D eigenvalue weighted by Gasteiger charge is -2.41. The van der Waals surface area contributed by atoms with Crippen LogP contribution in [0.3, 0.4) is 0 Å². The van der Waals surface area contributed by atoms with Crippen molar-refractivity contribution in [3.05, 3.63) is 0 Å². The van der Waals surface area contributed by atoms with Crippen molar-refractivity contribution in [3.63, 3.8) is 0 Å². The highest BCUT2D eigenvalue weighted by Crippen LogP contribution is 2.31. The Balaban J connectivity index is 5.03. The third-order valence-electron chi connectivity index (χ3n) is 3.83. The molecule has 0 aromatic rings. The summed E-state index contributed by atoms with van der Waals surface area (Å²) in [7, 11) is 1.35. The second-order valence-electron chi connectivity index (χ2n) is 6.82. The van der Waals surface area contributed by atoms with Crippen molar-refractivity contribution < 1.29 is 14.3 Å². The van der Waals surface area contributed by atoms with Gasteiger partial charge in [0.15, 0.2) is 0 Å². The van der Waals surface area contributed by atoms with Gasteiger partial charge in [-0.15, -0.1) is 0 Å². The molecule has 118 valence electrons. The molecule has 20 heavy (non-hydrogen) atoms. The molecular formula is C15H30N2O3. The van der Waals surface area contributed by atoms with Gasteiger partial charge in [-0.25, -0.2) is 0 Å². The summed E-state index contributed by atoms with van der Waals surface area (Å²) < 4.78 is 4.64. The van der Waals surface area contributed by atoms with Crippen LogP contribution in [-0.2, 0) is 14.3 Å². The number of nitrogens with two attached hydrogens (primary N) is 1. The number of carbonyl (C=O) groups excluding carboxylic acids is 2. The number of hydrogen-bond acceptors (Lipinski definition) is 4. The van der Waals surface area contributed by atoms with Gasteiger partial charge in [0.2, 0.25) is 5.91 Å². The second kappa shape index (κ2) is 7.07. The highest BCUT2D eigenvalue weighted by atomic mass is 16.5. The normalized spacial score (nSPS) is 12.4. The molecule has 0 aliphatic carbocycles. The molecular weight excluding hydrogens is 256 g/mol. The van der Waals surface area contributed by atoms with Gasteiger partial charge in [-0.3, -0.25) is 9.59 Å². The third kappa shape index (κ3) is 5.12. The van der Waals surface area contributed by atoms with E-state index in [-0.39, 0.29) is 18.3 Å². The molecule has 5 heteroatoms. The minimum atomic E-state index is -0.696. The summed E-state index contributed by atoms with van der Waals surface area (Å²) in [6.45, 7) is 12.4. The number of ether oxygens (including phenoxy) is 1. The molecule has 0 aromatic carbocycles. The standard InChI is InChI=1S/C15H30N2O3/c1-11(2)10-17(9-8-12(18)20-7)13(19)14(3,4)15(5,6)16/h11H,8-10,16H2,1-7H3. The van der Waals surface area contributed by atoms with E-state index in [1.54, 1.807) is 4.90 Å². The van der Waals surface area contributed by atoms with E-state index in [1.807, 2.05) is 41.5 Å². The summed E-state index contributed by atoms with van der Waals surface area (Å²) in [5.41, 5.74) is 4.79. The third-order valence-corrected chi connectivity index (χ3v) is 3.83. The fraction of sp³-hybridized carbons (Fsp3) is 0.867. The van der Waals surface area contributed by atoms with Gasteiger partial charge in [-0.2, -0.15) is 0 Å². The maximum Gasteiger partial charge on any atom is 0.307 e. The zero-order valence-corrected chi connectivity index (χ0v) is 13.9. The zero-order valence-electron chi connectivity index (χ0n) is 13.9. The molecule has 0 rings (SSSR count). The highest BCUT2D eigenvalue weighted by Gasteiger charge is 2.42. The van der Waals surface area contributed by atoms with Gasteiger partial charge in [0, 0.05) is 18.6 Å². The van der Waals surface area contributed by atoms with Crippen molar-refractivity contribution in [3.8, 4) is 0 Å². The first-order chi connectivity index (χ1) is 8.93. The molecule has 0 bridgehead atoms. The van der Waals surface area contributed by atoms with E-state index in [1.165, 1.54) is 7.11 Å². The summed E-state index contributed by atoms with van der Waals surface area (Å²) in [5.74, 6) is -0.00717. The van der Waals surface area contributed by atoms with E-state index in [9.17, 15) is 9.59 Å². The number of rotatable bonds is 7. The molecule has 0 saturated carbocycles. The van der Waals surface area contributed by atoms with E-state index in [0.29, 0.717) is 19.0 Å². The van der Waals surface area contributed by atoms with Crippen LogP contribution in [0, 0.1) is 11.3 Å². The van der Waals surface area contributed by atoms with Crippen LogP contribution in [0.15, 0.2) is 0 Å². The Morgan fingerprint density at radius 2 is 1.70 bits per heavy atom. The summed E-state index contributed by atoms with van der Waals surface area (Å²) in [4.78, 5) is 25.7. The number of nitrogens with zero attached hydrogens (tertiary/aromatic N) is 1. The van der Waals surface area contributed by atoms with Crippen LogP contribution in [0.2, 0.25) is 0 Å². The Hall–Kier alpha value is -1.10. The van der Waals surface area contributed by atoms with Crippen molar-refractivity contribution in [1.29, 1.82) is 0 Å². The van der Waals surface area contributed by atoms with E-state index in [0.717, 1.165) is 0 Å². The van der Waals surface area contributed by atoms with Crippen molar-refractivity contribution in [1.82, 2.24) is 4.90 Å². The van der Waals surface area contributed by atoms with Crippen LogP contribution in [0.4, 0.5) is 0 Å². The molecule has 1 amide bonds. The topological polar surface area (TPSA) is 72.6 Å². The highest BCUT2D eigenvalue weighted by molar-refractivity contribution is 5.84. The average molecular weight is 286 g/mol. The van der Waals surface area contributed by atoms with Crippen LogP contribution in [0.1, 0.15) is 48.0 Å². The van der Waals surface area contributed by atoms with Crippen LogP contribution < -0.4 is 5.73 Å². The first kappa shape index (κ1) is 18.9. The number of carbonyl (C=O) groups is 2. The van der Waals surface area contributed by atoms with Crippen molar-refractivity contribution in [2.75, 3.05) is 20.2 Å². The Kier molecular flexibility index (Phi) is 6.68. The van der Waals surface area contributed by atoms with Crippen LogP contribution in [0.25, 0.3) is 0 Å². The lowest BCUT2D eigenvalue weighted by molar-refractivity contribution is -0.146. The predicted molar refractivity (Wildman–Crippen MR) is 80.1 cm³/mol. The molecule has 0 fully saturated rings. The SMILES string of the molecule is COC(=O)CCN(CC(C)C)C(=O)C(C)(C)C(C)(C)N. The largest absolute Gasteiger partial charge is 0.469 e. The summed E-state index contributed by atoms with van der Waals surface area (Å²) in [6.07, 6.45) is 0.204. The Morgan fingerprint density at radius 3 is 2.05 bits per heavy atom. The molecule has 0 unspecified atom stereocenters. The Morgan fingerprint density at radius 1 is 1.20 bits per heavy atom. The van der Waals surface area contributed by atoms with Gasteiger partial charge in [-0.05, 0) is 33.6 Å². The quantitative estimate of drug-likeness (QED) is 0.724. The Bertz CT molecular complexity index is 344. The lowest BCUT2D eigenvalue weighted by atomic mass is 9.74. The average Bonchev–Trinajstić information content (AvgIpc) is 2.31. The molecule has 5 nitrogen and oxygen atoms in total. The summed E-state index contributed by atoms with van der Waals surface area (Å²) in [5, 5.41) is 0. The molecule has 0 spiro atoms. The first-order valence-electron chi connectivity index (χ1n) is 7.08. The van der Waals surface area contributed by atoms with Gasteiger partial charge >= 0.3 is 5.97 Å². The second-order valence-corrected chi connectivity index (χ2v) is 6.82.